The highest BCUT2D eigenvalue weighted by molar-refractivity contribution is 7.98. The predicted molar refractivity (Wildman–Crippen MR) is 153 cm³/mol. The summed E-state index contributed by atoms with van der Waals surface area (Å²) in [5, 5.41) is 14.5. The molecular formula is C31H44N2O2S. The van der Waals surface area contributed by atoms with Crippen molar-refractivity contribution in [2.75, 3.05) is 6.54 Å². The van der Waals surface area contributed by atoms with Gasteiger partial charge in [-0.15, -0.1) is 11.8 Å². The first-order valence-electron chi connectivity index (χ1n) is 13.2. The maximum atomic E-state index is 11.0. The van der Waals surface area contributed by atoms with Crippen molar-refractivity contribution in [2.24, 2.45) is 0 Å². The lowest BCUT2D eigenvalue weighted by atomic mass is 9.78. The van der Waals surface area contributed by atoms with E-state index in [4.69, 9.17) is 9.40 Å². The second-order valence-corrected chi connectivity index (χ2v) is 12.8. The number of phenols is 1. The summed E-state index contributed by atoms with van der Waals surface area (Å²) >= 11 is 1.76. The Bertz CT molecular complexity index is 1070. The van der Waals surface area contributed by atoms with Gasteiger partial charge in [0.05, 0.1) is 5.69 Å². The fraction of sp³-hybridized carbons (Fsp3) is 0.516. The molecule has 2 N–H and O–H groups in total. The Morgan fingerprint density at radius 3 is 2.14 bits per heavy atom. The number of phenolic OH excluding ortho intramolecular Hbond substituents is 1. The van der Waals surface area contributed by atoms with E-state index in [0.29, 0.717) is 11.6 Å². The maximum absolute atomic E-state index is 11.0. The first-order valence-corrected chi connectivity index (χ1v) is 14.2. The number of rotatable bonds is 11. The predicted octanol–water partition coefficient (Wildman–Crippen LogP) is 8.60. The molecule has 4 nitrogen and oxygen atoms in total. The zero-order valence-corrected chi connectivity index (χ0v) is 24.0. The van der Waals surface area contributed by atoms with Crippen molar-refractivity contribution in [3.8, 4) is 17.2 Å². The number of benzene rings is 2. The van der Waals surface area contributed by atoms with Gasteiger partial charge in [-0.2, -0.15) is 0 Å². The lowest BCUT2D eigenvalue weighted by Gasteiger charge is -2.27. The number of unbranched alkanes of at least 4 members (excludes halogenated alkanes) is 3. The molecule has 0 unspecified atom stereocenters. The summed E-state index contributed by atoms with van der Waals surface area (Å²) < 4.78 is 5.90. The van der Waals surface area contributed by atoms with Crippen molar-refractivity contribution >= 4 is 11.8 Å². The van der Waals surface area contributed by atoms with Crippen LogP contribution in [0.3, 0.4) is 0 Å². The molecule has 3 rings (SSSR count). The van der Waals surface area contributed by atoms with Crippen LogP contribution in [-0.2, 0) is 23.1 Å². The van der Waals surface area contributed by atoms with Crippen molar-refractivity contribution in [3.05, 3.63) is 65.0 Å². The van der Waals surface area contributed by atoms with Crippen LogP contribution in [0, 0.1) is 0 Å². The van der Waals surface area contributed by atoms with Gasteiger partial charge in [0.2, 0.25) is 5.89 Å². The highest BCUT2D eigenvalue weighted by atomic mass is 32.2. The van der Waals surface area contributed by atoms with E-state index in [9.17, 15) is 5.11 Å². The Kier molecular flexibility index (Phi) is 9.71. The van der Waals surface area contributed by atoms with Crippen LogP contribution >= 0.6 is 11.8 Å². The van der Waals surface area contributed by atoms with E-state index in [-0.39, 0.29) is 10.8 Å². The molecule has 2 aromatic carbocycles. The molecule has 1 heterocycles. The van der Waals surface area contributed by atoms with Crippen molar-refractivity contribution in [2.45, 2.75) is 102 Å². The van der Waals surface area contributed by atoms with Crippen LogP contribution in [0.1, 0.15) is 96.5 Å². The van der Waals surface area contributed by atoms with Crippen LogP contribution in [0.2, 0.25) is 0 Å². The standard InChI is InChI=1S/C31H44N2O2S/c1-8-9-10-11-16-32-19-22-12-14-25(15-13-22)36-21-24-20-35-29(33-24)23-17-26(30(2,3)4)28(34)27(18-23)31(5,6)7/h12-15,17-18,20,32,34H,8-11,16,19,21H2,1-7H3. The lowest BCUT2D eigenvalue weighted by molar-refractivity contribution is 0.423. The third-order valence-corrected chi connectivity index (χ3v) is 7.42. The topological polar surface area (TPSA) is 58.3 Å². The highest BCUT2D eigenvalue weighted by Crippen LogP contribution is 2.42. The molecule has 0 aliphatic rings. The van der Waals surface area contributed by atoms with E-state index < -0.39 is 0 Å². The Hall–Kier alpha value is -2.24. The van der Waals surface area contributed by atoms with Gasteiger partial charge in [0.25, 0.3) is 0 Å². The summed E-state index contributed by atoms with van der Waals surface area (Å²) in [5.74, 6) is 1.72. The average Bonchev–Trinajstić information content (AvgIpc) is 3.28. The molecule has 196 valence electrons. The molecule has 0 aliphatic heterocycles. The minimum absolute atomic E-state index is 0.192. The van der Waals surface area contributed by atoms with Gasteiger partial charge in [-0.05, 0) is 53.6 Å². The number of oxazole rings is 1. The van der Waals surface area contributed by atoms with Gasteiger partial charge in [-0.1, -0.05) is 79.9 Å². The van der Waals surface area contributed by atoms with E-state index in [0.717, 1.165) is 41.2 Å². The van der Waals surface area contributed by atoms with E-state index in [2.05, 4.69) is 78.0 Å². The summed E-state index contributed by atoms with van der Waals surface area (Å²) in [6.45, 7) is 16.9. The molecule has 0 fully saturated rings. The first-order chi connectivity index (χ1) is 17.0. The molecule has 0 spiro atoms. The Morgan fingerprint density at radius 2 is 1.56 bits per heavy atom. The second-order valence-electron chi connectivity index (χ2n) is 11.7. The summed E-state index contributed by atoms with van der Waals surface area (Å²) in [6, 6.07) is 12.8. The van der Waals surface area contributed by atoms with Crippen LogP contribution in [-0.4, -0.2) is 16.6 Å². The van der Waals surface area contributed by atoms with Crippen molar-refractivity contribution in [1.29, 1.82) is 0 Å². The quantitative estimate of drug-likeness (QED) is 0.201. The molecule has 0 bridgehead atoms. The minimum Gasteiger partial charge on any atom is -0.507 e. The highest BCUT2D eigenvalue weighted by Gasteiger charge is 2.27. The molecule has 0 aliphatic carbocycles. The minimum atomic E-state index is -0.192. The fourth-order valence-corrected chi connectivity index (χ4v) is 4.95. The van der Waals surface area contributed by atoms with Gasteiger partial charge in [-0.3, -0.25) is 0 Å². The SMILES string of the molecule is CCCCCCNCc1ccc(SCc2coc(-c3cc(C(C)(C)C)c(O)c(C(C)(C)C)c3)n2)cc1. The van der Waals surface area contributed by atoms with Crippen LogP contribution in [0.15, 0.2) is 52.0 Å². The van der Waals surface area contributed by atoms with Crippen LogP contribution < -0.4 is 5.32 Å². The number of thioether (sulfide) groups is 1. The monoisotopic (exact) mass is 508 g/mol. The summed E-state index contributed by atoms with van der Waals surface area (Å²) in [5.41, 5.74) is 4.57. The number of nitrogens with zero attached hydrogens (tertiary/aromatic N) is 1. The molecule has 1 aromatic heterocycles. The van der Waals surface area contributed by atoms with Gasteiger partial charge in [0, 0.05) is 33.9 Å². The van der Waals surface area contributed by atoms with E-state index >= 15 is 0 Å². The fourth-order valence-electron chi connectivity index (χ4n) is 4.18. The maximum Gasteiger partial charge on any atom is 0.226 e. The Morgan fingerprint density at radius 1 is 0.917 bits per heavy atom. The molecule has 36 heavy (non-hydrogen) atoms. The molecule has 0 radical (unpaired) electrons. The van der Waals surface area contributed by atoms with Crippen LogP contribution in [0.5, 0.6) is 5.75 Å². The number of nitrogens with one attached hydrogen (secondary N) is 1. The van der Waals surface area contributed by atoms with Crippen LogP contribution in [0.25, 0.3) is 11.5 Å². The molecule has 5 heteroatoms. The zero-order chi connectivity index (χ0) is 26.3. The molecule has 0 atom stereocenters. The smallest absolute Gasteiger partial charge is 0.226 e. The van der Waals surface area contributed by atoms with Crippen molar-refractivity contribution in [3.63, 3.8) is 0 Å². The van der Waals surface area contributed by atoms with E-state index in [1.165, 1.54) is 36.1 Å². The summed E-state index contributed by atoms with van der Waals surface area (Å²) in [6.07, 6.45) is 6.92. The number of hydrogen-bond donors (Lipinski definition) is 2. The summed E-state index contributed by atoms with van der Waals surface area (Å²) in [4.78, 5) is 6.00. The lowest BCUT2D eigenvalue weighted by Crippen LogP contribution is -2.17. The van der Waals surface area contributed by atoms with Gasteiger partial charge in [0.15, 0.2) is 0 Å². The molecule has 0 saturated carbocycles. The van der Waals surface area contributed by atoms with Gasteiger partial charge < -0.3 is 14.8 Å². The molecule has 0 saturated heterocycles. The Balaban J connectivity index is 1.64. The van der Waals surface area contributed by atoms with Crippen LogP contribution in [0.4, 0.5) is 0 Å². The van der Waals surface area contributed by atoms with E-state index in [1.807, 2.05) is 12.1 Å². The Labute approximate surface area is 222 Å². The van der Waals surface area contributed by atoms with Crippen molar-refractivity contribution in [1.82, 2.24) is 10.3 Å². The van der Waals surface area contributed by atoms with E-state index in [1.54, 1.807) is 18.0 Å². The summed E-state index contributed by atoms with van der Waals surface area (Å²) in [7, 11) is 0. The third kappa shape index (κ3) is 7.88. The molecular weight excluding hydrogens is 464 g/mol. The third-order valence-electron chi connectivity index (χ3n) is 6.37. The largest absolute Gasteiger partial charge is 0.507 e. The van der Waals surface area contributed by atoms with Gasteiger partial charge >= 0.3 is 0 Å². The zero-order valence-electron chi connectivity index (χ0n) is 23.2. The number of aromatic hydroxyl groups is 1. The van der Waals surface area contributed by atoms with Crippen molar-refractivity contribution < 1.29 is 9.52 Å². The second kappa shape index (κ2) is 12.3. The molecule has 0 amide bonds. The molecule has 3 aromatic rings. The number of hydrogen-bond acceptors (Lipinski definition) is 5. The van der Waals surface area contributed by atoms with Gasteiger partial charge in [0.1, 0.15) is 12.0 Å². The van der Waals surface area contributed by atoms with Gasteiger partial charge in [-0.25, -0.2) is 4.98 Å². The first kappa shape index (κ1) is 28.3. The number of aromatic nitrogens is 1. The average molecular weight is 509 g/mol. The normalized spacial score (nSPS) is 12.3.